The van der Waals surface area contributed by atoms with Crippen molar-refractivity contribution in [2.24, 2.45) is 4.99 Å². The molecule has 38 heavy (non-hydrogen) atoms. The van der Waals surface area contributed by atoms with Gasteiger partial charge < -0.3 is 20.1 Å². The predicted molar refractivity (Wildman–Crippen MR) is 134 cm³/mol. The Morgan fingerprint density at radius 3 is 2.37 bits per heavy atom. The monoisotopic (exact) mass is 530 g/mol. The Bertz CT molecular complexity index is 1340. The van der Waals surface area contributed by atoms with Crippen LogP contribution in [0.1, 0.15) is 40.0 Å². The van der Waals surface area contributed by atoms with Gasteiger partial charge >= 0.3 is 6.18 Å². The van der Waals surface area contributed by atoms with Crippen LogP contribution in [0.4, 0.5) is 17.6 Å². The van der Waals surface area contributed by atoms with E-state index in [-0.39, 0.29) is 29.9 Å². The number of aliphatic imine (C=N–C) groups is 1. The highest BCUT2D eigenvalue weighted by molar-refractivity contribution is 5.95. The predicted octanol–water partition coefficient (Wildman–Crippen LogP) is 5.14. The number of alkyl halides is 3. The molecule has 1 aromatic heterocycles. The van der Waals surface area contributed by atoms with E-state index in [1.165, 1.54) is 26.4 Å². The van der Waals surface area contributed by atoms with E-state index in [0.717, 1.165) is 30.8 Å². The summed E-state index contributed by atoms with van der Waals surface area (Å²) >= 11 is 0. The molecule has 2 N–H and O–H groups in total. The second-order valence-corrected chi connectivity index (χ2v) is 8.61. The summed E-state index contributed by atoms with van der Waals surface area (Å²) in [6, 6.07) is 10.3. The first-order valence-electron chi connectivity index (χ1n) is 11.8. The number of hydrogen-bond donors (Lipinski definition) is 2. The van der Waals surface area contributed by atoms with E-state index < -0.39 is 23.5 Å². The molecule has 0 aliphatic carbocycles. The average molecular weight is 531 g/mol. The zero-order chi connectivity index (χ0) is 27.3. The van der Waals surface area contributed by atoms with Crippen molar-refractivity contribution in [3.8, 4) is 22.8 Å². The van der Waals surface area contributed by atoms with Gasteiger partial charge in [-0.15, -0.1) is 0 Å². The molecule has 7 nitrogen and oxygen atoms in total. The molecular weight excluding hydrogens is 504 g/mol. The first-order valence-corrected chi connectivity index (χ1v) is 11.8. The molecule has 3 aromatic rings. The van der Waals surface area contributed by atoms with Gasteiger partial charge in [-0.05, 0) is 54.4 Å². The summed E-state index contributed by atoms with van der Waals surface area (Å²) in [4.78, 5) is 21.8. The van der Waals surface area contributed by atoms with Crippen LogP contribution in [0.25, 0.3) is 11.3 Å². The van der Waals surface area contributed by atoms with Gasteiger partial charge in [-0.1, -0.05) is 0 Å². The highest BCUT2D eigenvalue weighted by Crippen LogP contribution is 2.37. The zero-order valence-electron chi connectivity index (χ0n) is 20.8. The number of hydrogen-bond acceptors (Lipinski definition) is 6. The Balaban J connectivity index is 1.66. The largest absolute Gasteiger partial charge is 0.497 e. The molecule has 1 aliphatic rings. The fourth-order valence-electron chi connectivity index (χ4n) is 4.05. The van der Waals surface area contributed by atoms with Crippen LogP contribution in [-0.4, -0.2) is 37.5 Å². The Morgan fingerprint density at radius 1 is 1.00 bits per heavy atom. The number of benzene rings is 2. The fourth-order valence-corrected chi connectivity index (χ4v) is 4.05. The number of halogens is 4. The van der Waals surface area contributed by atoms with Gasteiger partial charge in [-0.2, -0.15) is 13.2 Å². The summed E-state index contributed by atoms with van der Waals surface area (Å²) in [5.41, 5.74) is -0.466. The molecule has 0 fully saturated rings. The van der Waals surface area contributed by atoms with Gasteiger partial charge in [0.05, 0.1) is 43.6 Å². The smallest absolute Gasteiger partial charge is 0.417 e. The quantitative estimate of drug-likeness (QED) is 0.394. The molecule has 0 atom stereocenters. The molecule has 1 amide bonds. The zero-order valence-corrected chi connectivity index (χ0v) is 20.8. The van der Waals surface area contributed by atoms with Gasteiger partial charge in [0.2, 0.25) is 0 Å². The number of aromatic nitrogens is 1. The Labute approximate surface area is 216 Å². The van der Waals surface area contributed by atoms with Gasteiger partial charge in [0.25, 0.3) is 5.91 Å². The summed E-state index contributed by atoms with van der Waals surface area (Å²) in [7, 11) is 3.01. The second-order valence-electron chi connectivity index (χ2n) is 8.61. The van der Waals surface area contributed by atoms with E-state index in [2.05, 4.69) is 20.6 Å². The van der Waals surface area contributed by atoms with Crippen LogP contribution in [0.2, 0.25) is 0 Å². The molecule has 0 unspecified atom stereocenters. The minimum atomic E-state index is -4.82. The minimum Gasteiger partial charge on any atom is -0.497 e. The fraction of sp³-hybridized carbons (Fsp3) is 0.296. The molecule has 4 rings (SSSR count). The third kappa shape index (κ3) is 6.58. The summed E-state index contributed by atoms with van der Waals surface area (Å²) < 4.78 is 65.4. The average Bonchev–Trinajstić information content (AvgIpc) is 3.43. The van der Waals surface area contributed by atoms with E-state index in [1.54, 1.807) is 18.2 Å². The molecule has 0 saturated heterocycles. The summed E-state index contributed by atoms with van der Waals surface area (Å²) in [5, 5.41) is 5.90. The summed E-state index contributed by atoms with van der Waals surface area (Å²) in [6.45, 7) is 0.963. The number of pyridine rings is 1. The summed E-state index contributed by atoms with van der Waals surface area (Å²) in [5.74, 6) is 0.307. The van der Waals surface area contributed by atoms with Gasteiger partial charge in [-0.25, -0.2) is 4.39 Å². The molecule has 0 bridgehead atoms. The lowest BCUT2D eigenvalue weighted by molar-refractivity contribution is -0.137. The van der Waals surface area contributed by atoms with E-state index in [4.69, 9.17) is 9.47 Å². The third-order valence-corrected chi connectivity index (χ3v) is 5.92. The van der Waals surface area contributed by atoms with Crippen molar-refractivity contribution in [2.45, 2.75) is 32.1 Å². The number of amidine groups is 1. The topological polar surface area (TPSA) is 84.8 Å². The molecule has 0 saturated carbocycles. The molecular formula is C27H26F4N4O3. The van der Waals surface area contributed by atoms with Crippen LogP contribution < -0.4 is 20.1 Å². The molecule has 2 aromatic carbocycles. The van der Waals surface area contributed by atoms with Crippen LogP contribution >= 0.6 is 0 Å². The van der Waals surface area contributed by atoms with Crippen LogP contribution in [0.3, 0.4) is 0 Å². The first kappa shape index (κ1) is 26.9. The van der Waals surface area contributed by atoms with Crippen molar-refractivity contribution in [3.05, 3.63) is 76.7 Å². The maximum absolute atomic E-state index is 13.7. The lowest BCUT2D eigenvalue weighted by atomic mass is 10.0. The van der Waals surface area contributed by atoms with E-state index in [1.807, 2.05) is 0 Å². The standard InChI is InChI=1S/C27H26F4N4O3/c1-37-20-8-16(9-21(13-20)38-2)14-34-26(36)17-10-19(15-33-25-4-3-7-32-25)35-24(11-17)22-6-5-18(28)12-23(22)27(29,30)31/h5-6,8-13H,3-4,7,14-15H2,1-2H3,(H,32,33)(H,34,36). The summed E-state index contributed by atoms with van der Waals surface area (Å²) in [6.07, 6.45) is -3.16. The maximum Gasteiger partial charge on any atom is 0.417 e. The van der Waals surface area contributed by atoms with Gasteiger partial charge in [0, 0.05) is 36.7 Å². The lowest BCUT2D eigenvalue weighted by Gasteiger charge is -2.15. The molecule has 1 aliphatic heterocycles. The van der Waals surface area contributed by atoms with Crippen molar-refractivity contribution in [3.63, 3.8) is 0 Å². The van der Waals surface area contributed by atoms with Crippen molar-refractivity contribution < 1.29 is 31.8 Å². The molecule has 2 heterocycles. The number of nitrogens with one attached hydrogen (secondary N) is 2. The maximum atomic E-state index is 13.7. The van der Waals surface area contributed by atoms with E-state index in [0.29, 0.717) is 35.4 Å². The van der Waals surface area contributed by atoms with E-state index >= 15 is 0 Å². The number of amides is 1. The number of methoxy groups -OCH3 is 2. The number of carbonyl (C=O) groups is 1. The van der Waals surface area contributed by atoms with Crippen LogP contribution in [0.5, 0.6) is 11.5 Å². The molecule has 0 radical (unpaired) electrons. The normalized spacial score (nSPS) is 13.2. The van der Waals surface area contributed by atoms with Gasteiger partial charge in [0.15, 0.2) is 0 Å². The van der Waals surface area contributed by atoms with Crippen LogP contribution in [-0.2, 0) is 19.3 Å². The van der Waals surface area contributed by atoms with Crippen LogP contribution in [0.15, 0.2) is 53.5 Å². The lowest BCUT2D eigenvalue weighted by Crippen LogP contribution is -2.25. The molecule has 200 valence electrons. The van der Waals surface area contributed by atoms with Crippen LogP contribution in [0, 0.1) is 5.82 Å². The van der Waals surface area contributed by atoms with Gasteiger partial charge in [-0.3, -0.25) is 14.8 Å². The van der Waals surface area contributed by atoms with E-state index in [9.17, 15) is 22.4 Å². The molecule has 11 heteroatoms. The van der Waals surface area contributed by atoms with Crippen molar-refractivity contribution in [1.29, 1.82) is 0 Å². The second kappa shape index (κ2) is 11.5. The first-order chi connectivity index (χ1) is 18.2. The van der Waals surface area contributed by atoms with Crippen molar-refractivity contribution in [2.75, 3.05) is 20.8 Å². The minimum absolute atomic E-state index is 0.0989. The Morgan fingerprint density at radius 2 is 1.74 bits per heavy atom. The highest BCUT2D eigenvalue weighted by atomic mass is 19.4. The number of ether oxygens (including phenoxy) is 2. The SMILES string of the molecule is COc1cc(CNC(=O)c2cc(CNC3=NCCC3)nc(-c3ccc(F)cc3C(F)(F)F)c2)cc(OC)c1. The number of carbonyl (C=O) groups excluding carboxylic acids is 1. The highest BCUT2D eigenvalue weighted by Gasteiger charge is 2.34. The number of nitrogens with zero attached hydrogens (tertiary/aromatic N) is 2. The Hall–Kier alpha value is -4.15. The van der Waals surface area contributed by atoms with Crippen molar-refractivity contribution >= 4 is 11.7 Å². The Kier molecular flexibility index (Phi) is 8.13. The molecule has 0 spiro atoms. The number of rotatable bonds is 8. The van der Waals surface area contributed by atoms with Crippen molar-refractivity contribution in [1.82, 2.24) is 15.6 Å². The van der Waals surface area contributed by atoms with Gasteiger partial charge in [0.1, 0.15) is 17.3 Å². The third-order valence-electron chi connectivity index (χ3n) is 5.92.